The number of hydrogen-bond donors (Lipinski definition) is 1. The van der Waals surface area contributed by atoms with Crippen LogP contribution in [0.5, 0.6) is 5.75 Å². The van der Waals surface area contributed by atoms with Crippen LogP contribution in [-0.4, -0.2) is 31.7 Å². The maximum atomic E-state index is 11.9. The van der Waals surface area contributed by atoms with Crippen molar-refractivity contribution in [3.63, 3.8) is 0 Å². The smallest absolute Gasteiger partial charge is 0.406 e. The van der Waals surface area contributed by atoms with Crippen molar-refractivity contribution < 1.29 is 23.0 Å². The van der Waals surface area contributed by atoms with Crippen LogP contribution in [0.15, 0.2) is 24.3 Å². The minimum atomic E-state index is -4.67. The van der Waals surface area contributed by atoms with E-state index in [1.54, 1.807) is 11.9 Å². The number of alkyl halides is 3. The van der Waals surface area contributed by atoms with Gasteiger partial charge in [-0.1, -0.05) is 0 Å². The van der Waals surface area contributed by atoms with Gasteiger partial charge in [0.15, 0.2) is 0 Å². The Hall–Kier alpha value is -1.43. The van der Waals surface area contributed by atoms with Gasteiger partial charge in [-0.2, -0.15) is 0 Å². The van der Waals surface area contributed by atoms with Gasteiger partial charge in [0.1, 0.15) is 5.75 Å². The number of aliphatic hydroxyl groups excluding tert-OH is 1. The predicted molar refractivity (Wildman–Crippen MR) is 53.5 cm³/mol. The standard InChI is InChI=1S/C10H12F3NO2/c1-14(6-7-15)8-2-4-9(5-3-8)16-10(11,12)13/h2-5,15H,6-7H2,1H3. The van der Waals surface area contributed by atoms with E-state index in [-0.39, 0.29) is 12.4 Å². The summed E-state index contributed by atoms with van der Waals surface area (Å²) >= 11 is 0. The third-order valence-corrected chi connectivity index (χ3v) is 1.95. The molecule has 1 rings (SSSR count). The average molecular weight is 235 g/mol. The minimum absolute atomic E-state index is 0.0166. The van der Waals surface area contributed by atoms with E-state index in [4.69, 9.17) is 5.11 Å². The highest BCUT2D eigenvalue weighted by Crippen LogP contribution is 2.24. The van der Waals surface area contributed by atoms with Crippen LogP contribution in [0.25, 0.3) is 0 Å². The van der Waals surface area contributed by atoms with Gasteiger partial charge < -0.3 is 14.7 Å². The van der Waals surface area contributed by atoms with Crippen LogP contribution in [0, 0.1) is 0 Å². The fourth-order valence-electron chi connectivity index (χ4n) is 1.18. The van der Waals surface area contributed by atoms with E-state index in [0.717, 1.165) is 0 Å². The second-order valence-corrected chi connectivity index (χ2v) is 3.19. The molecule has 0 saturated carbocycles. The summed E-state index contributed by atoms with van der Waals surface area (Å²) in [5.74, 6) is -0.256. The van der Waals surface area contributed by atoms with Crippen molar-refractivity contribution in [1.82, 2.24) is 0 Å². The molecule has 0 amide bonds. The van der Waals surface area contributed by atoms with Gasteiger partial charge in [0, 0.05) is 19.3 Å². The molecule has 1 N–H and O–H groups in total. The van der Waals surface area contributed by atoms with Crippen molar-refractivity contribution in [3.05, 3.63) is 24.3 Å². The fraction of sp³-hybridized carbons (Fsp3) is 0.400. The molecule has 6 heteroatoms. The highest BCUT2D eigenvalue weighted by atomic mass is 19.4. The van der Waals surface area contributed by atoms with E-state index in [0.29, 0.717) is 12.2 Å². The first-order valence-corrected chi connectivity index (χ1v) is 4.60. The number of rotatable bonds is 4. The molecule has 0 heterocycles. The van der Waals surface area contributed by atoms with Crippen LogP contribution in [0.1, 0.15) is 0 Å². The molecule has 0 bridgehead atoms. The highest BCUT2D eigenvalue weighted by Gasteiger charge is 2.30. The van der Waals surface area contributed by atoms with Crippen molar-refractivity contribution in [3.8, 4) is 5.75 Å². The second-order valence-electron chi connectivity index (χ2n) is 3.19. The molecule has 3 nitrogen and oxygen atoms in total. The zero-order valence-corrected chi connectivity index (χ0v) is 8.66. The van der Waals surface area contributed by atoms with E-state index in [9.17, 15) is 13.2 Å². The lowest BCUT2D eigenvalue weighted by Gasteiger charge is -2.18. The lowest BCUT2D eigenvalue weighted by atomic mass is 10.3. The Morgan fingerprint density at radius 3 is 2.25 bits per heavy atom. The number of nitrogens with zero attached hydrogens (tertiary/aromatic N) is 1. The van der Waals surface area contributed by atoms with Crippen LogP contribution >= 0.6 is 0 Å². The summed E-state index contributed by atoms with van der Waals surface area (Å²) in [7, 11) is 1.73. The minimum Gasteiger partial charge on any atom is -0.406 e. The molecule has 0 saturated heterocycles. The van der Waals surface area contributed by atoms with Crippen LogP contribution < -0.4 is 9.64 Å². The molecule has 16 heavy (non-hydrogen) atoms. The average Bonchev–Trinajstić information content (AvgIpc) is 2.16. The summed E-state index contributed by atoms with van der Waals surface area (Å²) in [6.07, 6.45) is -4.67. The Morgan fingerprint density at radius 2 is 1.81 bits per heavy atom. The zero-order chi connectivity index (χ0) is 12.2. The largest absolute Gasteiger partial charge is 0.573 e. The van der Waals surface area contributed by atoms with Crippen molar-refractivity contribution in [2.24, 2.45) is 0 Å². The molecule has 0 aliphatic carbocycles. The molecule has 0 aromatic heterocycles. The maximum absolute atomic E-state index is 11.9. The molecule has 0 fully saturated rings. The number of ether oxygens (including phenoxy) is 1. The van der Waals surface area contributed by atoms with Gasteiger partial charge in [-0.25, -0.2) is 0 Å². The molecule has 0 spiro atoms. The first-order valence-electron chi connectivity index (χ1n) is 4.60. The van der Waals surface area contributed by atoms with Gasteiger partial charge >= 0.3 is 6.36 Å². The van der Waals surface area contributed by atoms with Crippen molar-refractivity contribution >= 4 is 5.69 Å². The lowest BCUT2D eigenvalue weighted by molar-refractivity contribution is -0.274. The first kappa shape index (κ1) is 12.6. The first-order chi connectivity index (χ1) is 7.42. The second kappa shape index (κ2) is 5.07. The van der Waals surface area contributed by atoms with Crippen LogP contribution in [0.3, 0.4) is 0 Å². The van der Waals surface area contributed by atoms with E-state index in [1.807, 2.05) is 0 Å². The Labute approximate surface area is 91.1 Å². The molecule has 0 aliphatic heterocycles. The topological polar surface area (TPSA) is 32.7 Å². The Bertz CT molecular complexity index is 324. The van der Waals surface area contributed by atoms with Crippen molar-refractivity contribution in [2.75, 3.05) is 25.1 Å². The molecular formula is C10H12F3NO2. The molecular weight excluding hydrogens is 223 g/mol. The quantitative estimate of drug-likeness (QED) is 0.866. The number of halogens is 3. The normalized spacial score (nSPS) is 11.3. The Balaban J connectivity index is 2.68. The van der Waals surface area contributed by atoms with Crippen molar-refractivity contribution in [1.29, 1.82) is 0 Å². The zero-order valence-electron chi connectivity index (χ0n) is 8.66. The van der Waals surface area contributed by atoms with E-state index in [2.05, 4.69) is 4.74 Å². The third-order valence-electron chi connectivity index (χ3n) is 1.95. The van der Waals surface area contributed by atoms with Crippen LogP contribution in [-0.2, 0) is 0 Å². The Morgan fingerprint density at radius 1 is 1.25 bits per heavy atom. The summed E-state index contributed by atoms with van der Waals surface area (Å²) in [6, 6.07) is 5.46. The number of anilines is 1. The van der Waals surface area contributed by atoms with Gasteiger partial charge in [-0.3, -0.25) is 0 Å². The van der Waals surface area contributed by atoms with E-state index >= 15 is 0 Å². The molecule has 1 aromatic rings. The summed E-state index contributed by atoms with van der Waals surface area (Å²) in [5.41, 5.74) is 0.712. The summed E-state index contributed by atoms with van der Waals surface area (Å²) < 4.78 is 39.3. The van der Waals surface area contributed by atoms with E-state index < -0.39 is 6.36 Å². The fourth-order valence-corrected chi connectivity index (χ4v) is 1.18. The summed E-state index contributed by atoms with van der Waals surface area (Å²) in [4.78, 5) is 1.72. The third kappa shape index (κ3) is 3.98. The van der Waals surface area contributed by atoms with Crippen molar-refractivity contribution in [2.45, 2.75) is 6.36 Å². The number of hydrogen-bond acceptors (Lipinski definition) is 3. The molecule has 1 aromatic carbocycles. The van der Waals surface area contributed by atoms with Gasteiger partial charge in [0.25, 0.3) is 0 Å². The Kier molecular flexibility index (Phi) is 4.00. The van der Waals surface area contributed by atoms with Gasteiger partial charge in [0.2, 0.25) is 0 Å². The molecule has 0 atom stereocenters. The number of benzene rings is 1. The maximum Gasteiger partial charge on any atom is 0.573 e. The van der Waals surface area contributed by atoms with Gasteiger partial charge in [-0.05, 0) is 24.3 Å². The highest BCUT2D eigenvalue weighted by molar-refractivity contribution is 5.48. The summed E-state index contributed by atoms with van der Waals surface area (Å²) in [5, 5.41) is 8.69. The van der Waals surface area contributed by atoms with Gasteiger partial charge in [0.05, 0.1) is 6.61 Å². The molecule has 0 radical (unpaired) electrons. The molecule has 90 valence electrons. The van der Waals surface area contributed by atoms with Gasteiger partial charge in [-0.15, -0.1) is 13.2 Å². The number of likely N-dealkylation sites (N-methyl/N-ethyl adjacent to an activating group) is 1. The van der Waals surface area contributed by atoms with E-state index in [1.165, 1.54) is 24.3 Å². The molecule has 0 aliphatic rings. The number of aliphatic hydroxyl groups is 1. The molecule has 0 unspecified atom stereocenters. The lowest BCUT2D eigenvalue weighted by Crippen LogP contribution is -2.21. The monoisotopic (exact) mass is 235 g/mol. The van der Waals surface area contributed by atoms with Crippen LogP contribution in [0.4, 0.5) is 18.9 Å². The SMILES string of the molecule is CN(CCO)c1ccc(OC(F)(F)F)cc1. The summed E-state index contributed by atoms with van der Waals surface area (Å²) in [6.45, 7) is 0.400. The van der Waals surface area contributed by atoms with Crippen LogP contribution in [0.2, 0.25) is 0 Å². The predicted octanol–water partition coefficient (Wildman–Crippen LogP) is 2.01.